The quantitative estimate of drug-likeness (QED) is 0.813. The minimum atomic E-state index is -0.000862. The Bertz CT molecular complexity index is 519. The van der Waals surface area contributed by atoms with Gasteiger partial charge in [0.1, 0.15) is 5.69 Å². The van der Waals surface area contributed by atoms with Crippen molar-refractivity contribution in [2.24, 2.45) is 0 Å². The van der Waals surface area contributed by atoms with Gasteiger partial charge in [-0.15, -0.1) is 11.3 Å². The average molecular weight is 324 g/mol. The number of hydrogen-bond donors (Lipinski definition) is 0. The Balaban J connectivity index is 1.83. The molecule has 0 saturated carbocycles. The van der Waals surface area contributed by atoms with Crippen LogP contribution in [0.4, 0.5) is 0 Å². The predicted molar refractivity (Wildman–Crippen MR) is 87.1 cm³/mol. The maximum absolute atomic E-state index is 12.3. The Morgan fingerprint density at radius 3 is 2.36 bits per heavy atom. The average Bonchev–Trinajstić information content (AvgIpc) is 2.95. The van der Waals surface area contributed by atoms with E-state index in [1.165, 1.54) is 11.3 Å². The molecule has 0 unspecified atom stereocenters. The summed E-state index contributed by atoms with van der Waals surface area (Å²) in [5.41, 5.74) is 0.537. The molecule has 6 nitrogen and oxygen atoms in total. The first-order chi connectivity index (χ1) is 10.5. The summed E-state index contributed by atoms with van der Waals surface area (Å²) in [5.74, 6) is 0.166. The molecule has 1 fully saturated rings. The third kappa shape index (κ3) is 4.04. The Labute approximate surface area is 135 Å². The molecule has 1 aliphatic rings. The number of amides is 2. The van der Waals surface area contributed by atoms with Crippen LogP contribution in [0.25, 0.3) is 0 Å². The molecule has 122 valence electrons. The summed E-state index contributed by atoms with van der Waals surface area (Å²) in [6.07, 6.45) is 0. The van der Waals surface area contributed by atoms with Gasteiger partial charge < -0.3 is 9.80 Å². The van der Waals surface area contributed by atoms with Crippen LogP contribution in [-0.2, 0) is 4.79 Å². The van der Waals surface area contributed by atoms with E-state index in [2.05, 4.69) is 9.88 Å². The molecule has 7 heteroatoms. The minimum absolute atomic E-state index is 0.000862. The summed E-state index contributed by atoms with van der Waals surface area (Å²) in [5, 5.41) is 2.72. The third-order valence-electron chi connectivity index (χ3n) is 3.97. The number of rotatable bonds is 5. The Morgan fingerprint density at radius 2 is 1.86 bits per heavy atom. The van der Waals surface area contributed by atoms with Crippen molar-refractivity contribution in [3.05, 3.63) is 16.1 Å². The summed E-state index contributed by atoms with van der Waals surface area (Å²) in [6, 6.07) is 0. The maximum Gasteiger partial charge on any atom is 0.273 e. The lowest BCUT2D eigenvalue weighted by molar-refractivity contribution is -0.132. The summed E-state index contributed by atoms with van der Waals surface area (Å²) in [7, 11) is 0. The highest BCUT2D eigenvalue weighted by Gasteiger charge is 2.25. The molecular formula is C15H24N4O2S. The lowest BCUT2D eigenvalue weighted by Crippen LogP contribution is -2.51. The van der Waals surface area contributed by atoms with Gasteiger partial charge in [-0.1, -0.05) is 0 Å². The highest BCUT2D eigenvalue weighted by atomic mass is 32.1. The SMILES string of the molecule is CCN(CC)C(=O)CN1CCN(C(=O)c2csc(C)n2)CC1. The molecule has 2 heterocycles. The van der Waals surface area contributed by atoms with Gasteiger partial charge in [-0.25, -0.2) is 4.98 Å². The molecule has 0 radical (unpaired) electrons. The summed E-state index contributed by atoms with van der Waals surface area (Å²) >= 11 is 1.49. The van der Waals surface area contributed by atoms with Crippen LogP contribution in [0.2, 0.25) is 0 Å². The molecular weight excluding hydrogens is 300 g/mol. The molecule has 22 heavy (non-hydrogen) atoms. The molecule has 0 aromatic carbocycles. The van der Waals surface area contributed by atoms with Crippen molar-refractivity contribution in [3.8, 4) is 0 Å². The fourth-order valence-electron chi connectivity index (χ4n) is 2.60. The van der Waals surface area contributed by atoms with Gasteiger partial charge in [-0.2, -0.15) is 0 Å². The van der Waals surface area contributed by atoms with Gasteiger partial charge in [-0.3, -0.25) is 14.5 Å². The summed E-state index contributed by atoms with van der Waals surface area (Å²) < 4.78 is 0. The van der Waals surface area contributed by atoms with Gasteiger partial charge in [0.15, 0.2) is 0 Å². The molecule has 1 saturated heterocycles. The van der Waals surface area contributed by atoms with Crippen LogP contribution in [0.5, 0.6) is 0 Å². The standard InChI is InChI=1S/C15H24N4O2S/c1-4-18(5-2)14(20)10-17-6-8-19(9-7-17)15(21)13-11-22-12(3)16-13/h11H,4-10H2,1-3H3. The zero-order valence-electron chi connectivity index (χ0n) is 13.5. The molecule has 0 N–H and O–H groups in total. The molecule has 0 atom stereocenters. The second-order valence-corrected chi connectivity index (χ2v) is 6.45. The lowest BCUT2D eigenvalue weighted by Gasteiger charge is -2.34. The van der Waals surface area contributed by atoms with E-state index in [4.69, 9.17) is 0 Å². The highest BCUT2D eigenvalue weighted by molar-refractivity contribution is 7.09. The predicted octanol–water partition coefficient (Wildman–Crippen LogP) is 1.08. The van der Waals surface area contributed by atoms with Crippen molar-refractivity contribution in [2.45, 2.75) is 20.8 Å². The van der Waals surface area contributed by atoms with Gasteiger partial charge >= 0.3 is 0 Å². The first-order valence-electron chi connectivity index (χ1n) is 7.76. The van der Waals surface area contributed by atoms with Gasteiger partial charge in [0, 0.05) is 44.6 Å². The van der Waals surface area contributed by atoms with E-state index in [-0.39, 0.29) is 11.8 Å². The van der Waals surface area contributed by atoms with Crippen LogP contribution in [0.3, 0.4) is 0 Å². The number of carbonyl (C=O) groups excluding carboxylic acids is 2. The molecule has 1 aliphatic heterocycles. The van der Waals surface area contributed by atoms with Crippen molar-refractivity contribution in [3.63, 3.8) is 0 Å². The van der Waals surface area contributed by atoms with E-state index in [9.17, 15) is 9.59 Å². The number of nitrogens with zero attached hydrogens (tertiary/aromatic N) is 4. The van der Waals surface area contributed by atoms with E-state index in [0.29, 0.717) is 25.3 Å². The van der Waals surface area contributed by atoms with Crippen LogP contribution >= 0.6 is 11.3 Å². The van der Waals surface area contributed by atoms with Crippen molar-refractivity contribution in [1.29, 1.82) is 0 Å². The van der Waals surface area contributed by atoms with Crippen LogP contribution < -0.4 is 0 Å². The van der Waals surface area contributed by atoms with Crippen molar-refractivity contribution < 1.29 is 9.59 Å². The number of aromatic nitrogens is 1. The van der Waals surface area contributed by atoms with Crippen molar-refractivity contribution in [2.75, 3.05) is 45.8 Å². The van der Waals surface area contributed by atoms with E-state index in [1.807, 2.05) is 36.0 Å². The first kappa shape index (κ1) is 16.9. The molecule has 1 aromatic rings. The van der Waals surface area contributed by atoms with Gasteiger partial charge in [-0.05, 0) is 20.8 Å². The number of piperazine rings is 1. The lowest BCUT2D eigenvalue weighted by atomic mass is 10.2. The van der Waals surface area contributed by atoms with Crippen molar-refractivity contribution in [1.82, 2.24) is 19.7 Å². The van der Waals surface area contributed by atoms with Crippen LogP contribution in [-0.4, -0.2) is 77.3 Å². The Morgan fingerprint density at radius 1 is 1.23 bits per heavy atom. The zero-order valence-corrected chi connectivity index (χ0v) is 14.4. The second-order valence-electron chi connectivity index (χ2n) is 5.39. The first-order valence-corrected chi connectivity index (χ1v) is 8.64. The smallest absolute Gasteiger partial charge is 0.273 e. The van der Waals surface area contributed by atoms with E-state index in [1.54, 1.807) is 0 Å². The largest absolute Gasteiger partial charge is 0.342 e. The van der Waals surface area contributed by atoms with Gasteiger partial charge in [0.2, 0.25) is 5.91 Å². The maximum atomic E-state index is 12.3. The molecule has 2 amide bonds. The Hall–Kier alpha value is -1.47. The van der Waals surface area contributed by atoms with Crippen molar-refractivity contribution >= 4 is 23.2 Å². The summed E-state index contributed by atoms with van der Waals surface area (Å²) in [4.78, 5) is 34.5. The molecule has 1 aromatic heterocycles. The monoisotopic (exact) mass is 324 g/mol. The number of aryl methyl sites for hydroxylation is 1. The normalized spacial score (nSPS) is 15.9. The van der Waals surface area contributed by atoms with E-state index < -0.39 is 0 Å². The number of carbonyl (C=O) groups is 2. The topological polar surface area (TPSA) is 56.8 Å². The third-order valence-corrected chi connectivity index (χ3v) is 4.75. The Kier molecular flexibility index (Phi) is 5.90. The van der Waals surface area contributed by atoms with Crippen LogP contribution in [0, 0.1) is 6.92 Å². The highest BCUT2D eigenvalue weighted by Crippen LogP contribution is 2.12. The fraction of sp³-hybridized carbons (Fsp3) is 0.667. The van der Waals surface area contributed by atoms with Gasteiger partial charge in [0.05, 0.1) is 11.6 Å². The number of thiazole rings is 1. The molecule has 0 aliphatic carbocycles. The number of hydrogen-bond acceptors (Lipinski definition) is 5. The van der Waals surface area contributed by atoms with Crippen LogP contribution in [0.15, 0.2) is 5.38 Å². The zero-order chi connectivity index (χ0) is 16.1. The summed E-state index contributed by atoms with van der Waals surface area (Å²) in [6.45, 7) is 10.6. The fourth-order valence-corrected chi connectivity index (χ4v) is 3.19. The minimum Gasteiger partial charge on any atom is -0.342 e. The van der Waals surface area contributed by atoms with E-state index >= 15 is 0 Å². The molecule has 0 spiro atoms. The second kappa shape index (κ2) is 7.69. The molecule has 0 bridgehead atoms. The van der Waals surface area contributed by atoms with Gasteiger partial charge in [0.25, 0.3) is 5.91 Å². The van der Waals surface area contributed by atoms with Crippen LogP contribution in [0.1, 0.15) is 29.3 Å². The van der Waals surface area contributed by atoms with E-state index in [0.717, 1.165) is 31.2 Å². The molecule has 2 rings (SSSR count). The number of likely N-dealkylation sites (N-methyl/N-ethyl adjacent to an activating group) is 1.